The second kappa shape index (κ2) is 63.1. The molecule has 0 heterocycles. The Morgan fingerprint density at radius 1 is 0.369 bits per heavy atom. The number of phosphoric ester groups is 1. The molecule has 0 saturated carbocycles. The number of likely N-dealkylation sites (N-methyl/N-ethyl adjacent to an activating group) is 1. The molecule has 2 atom stereocenters. The summed E-state index contributed by atoms with van der Waals surface area (Å²) in [6, 6.07) is 0. The zero-order chi connectivity index (χ0) is 61.2. The maximum atomic E-state index is 12.8. The highest BCUT2D eigenvalue weighted by Gasteiger charge is 2.21. The normalized spacial score (nSPS) is 14.2. The molecule has 84 heavy (non-hydrogen) atoms. The van der Waals surface area contributed by atoms with Crippen molar-refractivity contribution in [2.45, 2.75) is 251 Å². The Hall–Kier alpha value is -4.37. The van der Waals surface area contributed by atoms with E-state index in [9.17, 15) is 19.0 Å². The van der Waals surface area contributed by atoms with Crippen LogP contribution in [0.25, 0.3) is 0 Å². The molecule has 0 aromatic heterocycles. The number of quaternary nitrogens is 1. The first kappa shape index (κ1) is 79.6. The van der Waals surface area contributed by atoms with Crippen LogP contribution in [0, 0.1) is 0 Å². The van der Waals surface area contributed by atoms with Gasteiger partial charge in [-0.15, -0.1) is 0 Å². The van der Waals surface area contributed by atoms with Crippen molar-refractivity contribution in [2.75, 3.05) is 47.5 Å². The third kappa shape index (κ3) is 66.8. The van der Waals surface area contributed by atoms with Crippen LogP contribution in [0.4, 0.5) is 0 Å². The molecule has 0 aromatic carbocycles. The van der Waals surface area contributed by atoms with E-state index in [0.717, 1.165) is 96.3 Å². The summed E-state index contributed by atoms with van der Waals surface area (Å²) < 4.78 is 34.2. The van der Waals surface area contributed by atoms with E-state index < -0.39 is 32.5 Å². The predicted molar refractivity (Wildman–Crippen MR) is 360 cm³/mol. The molecule has 0 aromatic rings. The van der Waals surface area contributed by atoms with Gasteiger partial charge in [-0.3, -0.25) is 14.2 Å². The minimum atomic E-state index is -4.67. The molecule has 0 N–H and O–H groups in total. The molecule has 0 saturated heterocycles. The standard InChI is InChI=1S/C74H122NO8P/c1-6-8-10-12-14-16-18-20-22-24-26-28-30-32-34-36-37-39-40-42-44-46-48-50-52-54-56-58-60-62-64-66-73(76)80-70-72(71-82-84(78,79)81-69-68-75(3,4)5)83-74(77)67-65-63-61-59-57-55-53-51-49-47-45-43-41-38-35-33-31-29-27-25-23-21-19-17-15-13-11-9-7-2/h8-11,14-17,20-23,26-29,33,35,41,43,47,49,53,55,59,61,72H,6-7,12-13,18-19,24-25,30-32,34,36-40,42,44-46,48,50-52,54,56-58,60,62-71H2,1-5H3/b10-8-,11-9-,16-14-,17-15-,22-20-,23-21-,28-26-,29-27-,35-33-,43-41-,49-47-,55-53-,61-59-. The van der Waals surface area contributed by atoms with Gasteiger partial charge in [0.25, 0.3) is 7.82 Å². The molecule has 9 nitrogen and oxygen atoms in total. The van der Waals surface area contributed by atoms with Crippen molar-refractivity contribution in [1.29, 1.82) is 0 Å². The van der Waals surface area contributed by atoms with E-state index in [1.54, 1.807) is 0 Å². The Kier molecular flexibility index (Phi) is 59.9. The van der Waals surface area contributed by atoms with Crippen molar-refractivity contribution >= 4 is 19.8 Å². The summed E-state index contributed by atoms with van der Waals surface area (Å²) in [6.45, 7) is 3.94. The molecule has 0 amide bonds. The minimum Gasteiger partial charge on any atom is -0.756 e. The highest BCUT2D eigenvalue weighted by atomic mass is 31.2. The summed E-state index contributed by atoms with van der Waals surface area (Å²) in [5.74, 6) is -0.909. The van der Waals surface area contributed by atoms with Gasteiger partial charge in [0.2, 0.25) is 0 Å². The molecule has 2 unspecified atom stereocenters. The molecule has 0 bridgehead atoms. The number of carbonyl (C=O) groups is 2. The SMILES string of the molecule is CC/C=C\C/C=C\C/C=C\C/C=C\C/C=C\C/C=C\C/C=C\C/C=C\C/C=C\CCCC(=O)OC(COC(=O)CCCCCCCCCCCCCCCCCCCC/C=C\C/C=C\C/C=C\C/C=C\CC)COP(=O)([O-])OCC[N+](C)(C)C. The van der Waals surface area contributed by atoms with Crippen molar-refractivity contribution in [3.05, 3.63) is 158 Å². The summed E-state index contributed by atoms with van der Waals surface area (Å²) in [6.07, 6.45) is 94.7. The van der Waals surface area contributed by atoms with Crippen molar-refractivity contribution in [1.82, 2.24) is 0 Å². The van der Waals surface area contributed by atoms with E-state index >= 15 is 0 Å². The second-order valence-electron chi connectivity index (χ2n) is 22.7. The van der Waals surface area contributed by atoms with Crippen LogP contribution in [0.5, 0.6) is 0 Å². The Morgan fingerprint density at radius 2 is 0.655 bits per heavy atom. The van der Waals surface area contributed by atoms with Crippen molar-refractivity contribution in [3.8, 4) is 0 Å². The van der Waals surface area contributed by atoms with Crippen LogP contribution in [0.2, 0.25) is 0 Å². The minimum absolute atomic E-state index is 0.0495. The van der Waals surface area contributed by atoms with Crippen LogP contribution < -0.4 is 4.89 Å². The van der Waals surface area contributed by atoms with E-state index in [1.165, 1.54) is 103 Å². The lowest BCUT2D eigenvalue weighted by Crippen LogP contribution is -2.37. The van der Waals surface area contributed by atoms with Gasteiger partial charge >= 0.3 is 11.9 Å². The molecule has 476 valence electrons. The van der Waals surface area contributed by atoms with Gasteiger partial charge in [0.1, 0.15) is 19.8 Å². The highest BCUT2D eigenvalue weighted by Crippen LogP contribution is 2.38. The molecule has 0 aliphatic heterocycles. The molecular weight excluding hydrogens is 1060 g/mol. The number of unbranched alkanes of at least 4 members (excludes halogenated alkanes) is 19. The Morgan fingerprint density at radius 3 is 0.988 bits per heavy atom. The number of carbonyl (C=O) groups excluding carboxylic acids is 2. The number of allylic oxidation sites excluding steroid dienone is 26. The molecule has 10 heteroatoms. The first-order valence-corrected chi connectivity index (χ1v) is 34.7. The number of hydrogen-bond acceptors (Lipinski definition) is 8. The maximum Gasteiger partial charge on any atom is 0.306 e. The van der Waals surface area contributed by atoms with E-state index in [0.29, 0.717) is 30.3 Å². The second-order valence-corrected chi connectivity index (χ2v) is 24.1. The van der Waals surface area contributed by atoms with Crippen LogP contribution >= 0.6 is 7.82 Å². The van der Waals surface area contributed by atoms with Crippen LogP contribution in [0.3, 0.4) is 0 Å². The molecular formula is C74H122NO8P. The zero-order valence-corrected chi connectivity index (χ0v) is 54.9. The van der Waals surface area contributed by atoms with Crippen LogP contribution in [-0.2, 0) is 32.7 Å². The smallest absolute Gasteiger partial charge is 0.306 e. The van der Waals surface area contributed by atoms with E-state index in [2.05, 4.69) is 166 Å². The van der Waals surface area contributed by atoms with Gasteiger partial charge in [0.15, 0.2) is 6.10 Å². The number of rotatable bonds is 59. The quantitative estimate of drug-likeness (QED) is 0.0195. The molecule has 0 radical (unpaired) electrons. The third-order valence-corrected chi connectivity index (χ3v) is 14.5. The van der Waals surface area contributed by atoms with Gasteiger partial charge in [0.05, 0.1) is 27.7 Å². The maximum absolute atomic E-state index is 12.8. The summed E-state index contributed by atoms with van der Waals surface area (Å²) in [7, 11) is 1.11. The summed E-state index contributed by atoms with van der Waals surface area (Å²) in [5.41, 5.74) is 0. The Balaban J connectivity index is 4.20. The molecule has 0 rings (SSSR count). The number of hydrogen-bond donors (Lipinski definition) is 0. The molecule has 0 aliphatic carbocycles. The Bertz CT molecular complexity index is 1970. The first-order chi connectivity index (χ1) is 41.0. The van der Waals surface area contributed by atoms with Gasteiger partial charge in [-0.1, -0.05) is 275 Å². The van der Waals surface area contributed by atoms with Crippen LogP contribution in [0.1, 0.15) is 245 Å². The lowest BCUT2D eigenvalue weighted by Gasteiger charge is -2.28. The summed E-state index contributed by atoms with van der Waals surface area (Å²) in [4.78, 5) is 38.0. The predicted octanol–water partition coefficient (Wildman–Crippen LogP) is 21.0. The third-order valence-electron chi connectivity index (χ3n) is 13.5. The van der Waals surface area contributed by atoms with E-state index in [4.69, 9.17) is 18.5 Å². The summed E-state index contributed by atoms with van der Waals surface area (Å²) in [5, 5.41) is 0. The topological polar surface area (TPSA) is 111 Å². The largest absolute Gasteiger partial charge is 0.756 e. The van der Waals surface area contributed by atoms with Crippen molar-refractivity contribution in [3.63, 3.8) is 0 Å². The fourth-order valence-electron chi connectivity index (χ4n) is 8.53. The van der Waals surface area contributed by atoms with Crippen molar-refractivity contribution < 1.29 is 42.1 Å². The molecule has 0 aliphatic rings. The van der Waals surface area contributed by atoms with Gasteiger partial charge in [0, 0.05) is 12.8 Å². The van der Waals surface area contributed by atoms with Gasteiger partial charge in [-0.05, 0) is 116 Å². The number of phosphoric acid groups is 1. The monoisotopic (exact) mass is 1180 g/mol. The molecule has 0 spiro atoms. The lowest BCUT2D eigenvalue weighted by atomic mass is 10.0. The van der Waals surface area contributed by atoms with Gasteiger partial charge in [-0.25, -0.2) is 0 Å². The summed E-state index contributed by atoms with van der Waals surface area (Å²) >= 11 is 0. The average Bonchev–Trinajstić information content (AvgIpc) is 3.61. The number of ether oxygens (including phenoxy) is 2. The van der Waals surface area contributed by atoms with E-state index in [-0.39, 0.29) is 26.1 Å². The molecule has 0 fully saturated rings. The number of esters is 2. The highest BCUT2D eigenvalue weighted by molar-refractivity contribution is 7.45. The average molecular weight is 1180 g/mol. The van der Waals surface area contributed by atoms with E-state index in [1.807, 2.05) is 27.2 Å². The van der Waals surface area contributed by atoms with Crippen LogP contribution in [0.15, 0.2) is 158 Å². The number of nitrogens with zero attached hydrogens (tertiary/aromatic N) is 1. The zero-order valence-electron chi connectivity index (χ0n) is 54.0. The Labute approximate surface area is 516 Å². The first-order valence-electron chi connectivity index (χ1n) is 33.2. The van der Waals surface area contributed by atoms with Gasteiger partial charge < -0.3 is 27.9 Å². The fraction of sp³-hybridized carbons (Fsp3) is 0.622. The fourth-order valence-corrected chi connectivity index (χ4v) is 9.26. The van der Waals surface area contributed by atoms with Crippen LogP contribution in [-0.4, -0.2) is 70.0 Å². The lowest BCUT2D eigenvalue weighted by molar-refractivity contribution is -0.870. The van der Waals surface area contributed by atoms with Crippen molar-refractivity contribution in [2.24, 2.45) is 0 Å². The van der Waals surface area contributed by atoms with Gasteiger partial charge in [-0.2, -0.15) is 0 Å².